The van der Waals surface area contributed by atoms with E-state index in [0.717, 1.165) is 6.66 Å². The van der Waals surface area contributed by atoms with Gasteiger partial charge in [-0.1, -0.05) is 0 Å². The van der Waals surface area contributed by atoms with Crippen molar-refractivity contribution in [1.82, 2.24) is 38.2 Å². The van der Waals surface area contributed by atoms with Crippen molar-refractivity contribution in [1.29, 1.82) is 0 Å². The number of aromatic nitrogens is 8. The normalized spacial score (nSPS) is 27.4. The molecule has 0 amide bonds. The highest BCUT2D eigenvalue weighted by Gasteiger charge is 2.38. The van der Waals surface area contributed by atoms with E-state index >= 15 is 0 Å². The summed E-state index contributed by atoms with van der Waals surface area (Å²) in [4.78, 5) is 115. The van der Waals surface area contributed by atoms with Crippen LogP contribution >= 0.6 is 7.60 Å². The fourth-order valence-electron chi connectivity index (χ4n) is 7.40. The minimum Gasteiger partial charge on any atom is -0.394 e. The average molecular weight is 1060 g/mol. The molecule has 8 heterocycles. The molecule has 12 atom stereocenters. The molecule has 0 aromatic carbocycles. The molecule has 73 heavy (non-hydrogen) atoms. The number of aliphatic hydroxyl groups excluding tert-OH is 8. The molecule has 0 radical (unpaired) electrons. The van der Waals surface area contributed by atoms with Crippen LogP contribution in [0, 0.1) is 27.7 Å². The lowest BCUT2D eigenvalue weighted by molar-refractivity contribution is -0.0459. The first-order valence-corrected chi connectivity index (χ1v) is 24.3. The van der Waals surface area contributed by atoms with Crippen molar-refractivity contribution in [2.45, 2.75) is 127 Å². The maximum absolute atomic E-state index is 11.6. The van der Waals surface area contributed by atoms with E-state index in [1.165, 1.54) is 43.1 Å². The zero-order chi connectivity index (χ0) is 54.8. The molecule has 8 rings (SSSR count). The van der Waals surface area contributed by atoms with E-state index in [2.05, 4.69) is 19.9 Å². The summed E-state index contributed by atoms with van der Waals surface area (Å²) in [5.74, 6) is 0. The van der Waals surface area contributed by atoms with Gasteiger partial charge in [0.05, 0.1) is 50.8 Å². The molecule has 4 aliphatic rings. The van der Waals surface area contributed by atoms with Crippen LogP contribution in [-0.2, 0) is 23.5 Å². The van der Waals surface area contributed by atoms with Crippen molar-refractivity contribution in [3.05, 3.63) is 130 Å². The van der Waals surface area contributed by atoms with Gasteiger partial charge in [0.15, 0.2) is 0 Å². The topological polar surface area (TPSA) is 476 Å². The van der Waals surface area contributed by atoms with Gasteiger partial charge in [0.25, 0.3) is 22.2 Å². The lowest BCUT2D eigenvalue weighted by Crippen LogP contribution is -2.33. The Labute approximate surface area is 409 Å². The first-order chi connectivity index (χ1) is 34.1. The van der Waals surface area contributed by atoms with Crippen molar-refractivity contribution < 1.29 is 74.2 Å². The van der Waals surface area contributed by atoms with Crippen LogP contribution in [0.15, 0.2) is 63.1 Å². The number of ether oxygens (including phenoxy) is 4. The number of hydrogen-bond acceptors (Lipinski definition) is 21. The molecular formula is C41H61N8O23P. The third-order valence-electron chi connectivity index (χ3n) is 11.4. The molecule has 32 heteroatoms. The van der Waals surface area contributed by atoms with E-state index in [4.69, 9.17) is 49.2 Å². The summed E-state index contributed by atoms with van der Waals surface area (Å²) < 4.78 is 35.5. The Hall–Kier alpha value is -5.61. The fourth-order valence-corrected chi connectivity index (χ4v) is 7.40. The van der Waals surface area contributed by atoms with Gasteiger partial charge in [-0.25, -0.2) is 19.2 Å². The zero-order valence-electron chi connectivity index (χ0n) is 39.9. The molecule has 0 aliphatic carbocycles. The van der Waals surface area contributed by atoms with Crippen molar-refractivity contribution in [2.24, 2.45) is 0 Å². The maximum Gasteiger partial charge on any atom is 0.330 e. The SMILES string of the molecule is CP(=O)(O)O.Cc1cn([C@H]2C[C@H](O)[C@@H](CO)O2)c(=O)[nH]c1=O.Cc1cn([C@H]2C[C@H](O)[C@@H](CO)O2)c(=O)[nH]c1=O.Cc1cn([C@H]2C[C@H](O)[C@@H](CO)O2)c(=O)[nH]c1=O.Cc1cn([C@H]2C[C@H](O)[C@@H](CO)O2)c(=O)[nH]c1=O. The summed E-state index contributed by atoms with van der Waals surface area (Å²) >= 11 is 0. The molecule has 0 spiro atoms. The van der Waals surface area contributed by atoms with Crippen LogP contribution in [0.4, 0.5) is 0 Å². The summed E-state index contributed by atoms with van der Waals surface area (Å²) in [6.45, 7) is 5.90. The molecule has 0 bridgehead atoms. The van der Waals surface area contributed by atoms with Crippen LogP contribution in [-0.4, -0.2) is 171 Å². The molecule has 31 nitrogen and oxygen atoms in total. The van der Waals surface area contributed by atoms with Crippen molar-refractivity contribution >= 4 is 7.60 Å². The molecule has 4 saturated heterocycles. The maximum atomic E-state index is 11.6. The van der Waals surface area contributed by atoms with Crippen LogP contribution in [0.5, 0.6) is 0 Å². The van der Waals surface area contributed by atoms with Gasteiger partial charge in [-0.3, -0.25) is 61.9 Å². The number of aryl methyl sites for hydroxylation is 4. The van der Waals surface area contributed by atoms with Gasteiger partial charge < -0.3 is 69.6 Å². The number of H-pyrrole nitrogens is 4. The Morgan fingerprint density at radius 1 is 0.438 bits per heavy atom. The van der Waals surface area contributed by atoms with E-state index in [0.29, 0.717) is 22.3 Å². The second kappa shape index (κ2) is 26.0. The van der Waals surface area contributed by atoms with Gasteiger partial charge >= 0.3 is 30.4 Å². The Morgan fingerprint density at radius 2 is 0.603 bits per heavy atom. The van der Waals surface area contributed by atoms with Gasteiger partial charge in [0.2, 0.25) is 0 Å². The van der Waals surface area contributed by atoms with E-state index in [1.807, 2.05) is 0 Å². The lowest BCUT2D eigenvalue weighted by atomic mass is 10.2. The molecule has 4 aliphatic heterocycles. The van der Waals surface area contributed by atoms with Crippen LogP contribution in [0.3, 0.4) is 0 Å². The Kier molecular flexibility index (Phi) is 21.4. The molecule has 0 unspecified atom stereocenters. The highest BCUT2D eigenvalue weighted by Crippen LogP contribution is 2.30. The minimum absolute atomic E-state index is 0.205. The second-order valence-corrected chi connectivity index (χ2v) is 18.9. The van der Waals surface area contributed by atoms with Crippen LogP contribution in [0.25, 0.3) is 0 Å². The fraction of sp³-hybridized carbons (Fsp3) is 0.610. The first kappa shape index (κ1) is 59.9. The second-order valence-electron chi connectivity index (χ2n) is 17.2. The Morgan fingerprint density at radius 3 is 0.740 bits per heavy atom. The Balaban J connectivity index is 0.000000204. The lowest BCUT2D eigenvalue weighted by Gasteiger charge is -2.14. The van der Waals surface area contributed by atoms with E-state index in [1.54, 1.807) is 27.7 Å². The molecule has 0 saturated carbocycles. The molecular weight excluding hydrogens is 1000 g/mol. The molecule has 408 valence electrons. The van der Waals surface area contributed by atoms with Gasteiger partial charge in [0.1, 0.15) is 49.3 Å². The van der Waals surface area contributed by atoms with Gasteiger partial charge in [0, 0.05) is 79.4 Å². The van der Waals surface area contributed by atoms with Crippen LogP contribution < -0.4 is 45.0 Å². The smallest absolute Gasteiger partial charge is 0.330 e. The quantitative estimate of drug-likeness (QED) is 0.0730. The molecule has 14 N–H and O–H groups in total. The Bertz CT molecular complexity index is 2640. The summed E-state index contributed by atoms with van der Waals surface area (Å²) in [7, 11) is -3.64. The van der Waals surface area contributed by atoms with Crippen molar-refractivity contribution in [2.75, 3.05) is 33.1 Å². The van der Waals surface area contributed by atoms with E-state index in [9.17, 15) is 63.3 Å². The van der Waals surface area contributed by atoms with Crippen molar-refractivity contribution in [3.8, 4) is 0 Å². The number of nitrogens with one attached hydrogen (secondary N) is 4. The summed E-state index contributed by atoms with van der Waals surface area (Å²) in [5, 5.41) is 74.0. The van der Waals surface area contributed by atoms with Gasteiger partial charge in [-0.05, 0) is 27.7 Å². The number of aromatic amines is 4. The first-order valence-electron chi connectivity index (χ1n) is 22.2. The number of hydrogen-bond donors (Lipinski definition) is 14. The van der Waals surface area contributed by atoms with Gasteiger partial charge in [-0.2, -0.15) is 0 Å². The van der Waals surface area contributed by atoms with Crippen LogP contribution in [0.1, 0.15) is 72.8 Å². The third-order valence-corrected chi connectivity index (χ3v) is 11.4. The highest BCUT2D eigenvalue weighted by molar-refractivity contribution is 7.50. The minimum atomic E-state index is -3.64. The van der Waals surface area contributed by atoms with Gasteiger partial charge in [-0.15, -0.1) is 0 Å². The molecule has 4 fully saturated rings. The number of rotatable bonds is 8. The highest BCUT2D eigenvalue weighted by atomic mass is 31.2. The number of aliphatic hydroxyl groups is 8. The standard InChI is InChI=1S/4C10H14N2O5.CH5O3P/c4*1-5-3-12(10(16)11-9(5)15)8-2-6(14)7(4-13)17-8;1-5(2,3)4/h4*3,6-8,13-14H,2,4H2,1H3,(H,11,15,16);1H3,(H2,2,3,4)/t4*6-,7+,8+;/m0000./s1. The molecule has 4 aromatic heterocycles. The summed E-state index contributed by atoms with van der Waals surface area (Å²) in [6.07, 6.45) is -2.32. The third kappa shape index (κ3) is 16.2. The summed E-state index contributed by atoms with van der Waals surface area (Å²) in [5.41, 5.74) is -2.57. The predicted molar refractivity (Wildman–Crippen MR) is 249 cm³/mol. The van der Waals surface area contributed by atoms with E-state index < -0.39 is 126 Å². The summed E-state index contributed by atoms with van der Waals surface area (Å²) in [6, 6.07) is 0. The average Bonchev–Trinajstić information content (AvgIpc) is 4.10. The largest absolute Gasteiger partial charge is 0.394 e. The zero-order valence-corrected chi connectivity index (χ0v) is 40.8. The number of nitrogens with zero attached hydrogens (tertiary/aromatic N) is 4. The van der Waals surface area contributed by atoms with Crippen LogP contribution in [0.2, 0.25) is 0 Å². The monoisotopic (exact) mass is 1060 g/mol. The molecule has 4 aromatic rings. The van der Waals surface area contributed by atoms with Crippen molar-refractivity contribution in [3.63, 3.8) is 0 Å². The van der Waals surface area contributed by atoms with E-state index in [-0.39, 0.29) is 52.1 Å². The predicted octanol–water partition coefficient (Wildman–Crippen LogP) is -6.26.